The minimum Gasteiger partial charge on any atom is -0.494 e. The van der Waals surface area contributed by atoms with E-state index in [1.165, 1.54) is 26.4 Å². The highest BCUT2D eigenvalue weighted by Crippen LogP contribution is 2.22. The van der Waals surface area contributed by atoms with Gasteiger partial charge in [-0.1, -0.05) is 0 Å². The van der Waals surface area contributed by atoms with Crippen molar-refractivity contribution >= 4 is 5.97 Å². The molecule has 76 valence electrons. The Hall–Kier alpha value is -1.58. The van der Waals surface area contributed by atoms with Crippen LogP contribution in [0.4, 0.5) is 4.39 Å². The highest BCUT2D eigenvalue weighted by Gasteiger charge is 2.16. The predicted octanol–water partition coefficient (Wildman–Crippen LogP) is 1.93. The summed E-state index contributed by atoms with van der Waals surface area (Å²) >= 11 is 0. The van der Waals surface area contributed by atoms with E-state index in [0.29, 0.717) is 0 Å². The Kier molecular flexibility index (Phi) is 3.06. The second kappa shape index (κ2) is 4.09. The Labute approximate surface area is 81.4 Å². The molecule has 1 aromatic carbocycles. The minimum absolute atomic E-state index is 0.0467. The van der Waals surface area contributed by atoms with Crippen molar-refractivity contribution in [1.82, 2.24) is 0 Å². The maximum atomic E-state index is 13.5. The smallest absolute Gasteiger partial charge is 0.341 e. The molecule has 0 saturated heterocycles. The second-order valence-electron chi connectivity index (χ2n) is 2.82. The van der Waals surface area contributed by atoms with E-state index in [-0.39, 0.29) is 11.3 Å². The van der Waals surface area contributed by atoms with E-state index in [0.717, 1.165) is 5.56 Å². The van der Waals surface area contributed by atoms with Gasteiger partial charge in [-0.2, -0.15) is 0 Å². The average Bonchev–Trinajstić information content (AvgIpc) is 2.19. The van der Waals surface area contributed by atoms with E-state index >= 15 is 0 Å². The first-order chi connectivity index (χ1) is 6.60. The van der Waals surface area contributed by atoms with Crippen LogP contribution in [0.3, 0.4) is 0 Å². The Balaban J connectivity index is 3.29. The molecule has 1 rings (SSSR count). The summed E-state index contributed by atoms with van der Waals surface area (Å²) in [6.07, 6.45) is 0. The monoisotopic (exact) mass is 198 g/mol. The first-order valence-corrected chi connectivity index (χ1v) is 4.02. The highest BCUT2D eigenvalue weighted by atomic mass is 19.1. The van der Waals surface area contributed by atoms with Crippen molar-refractivity contribution in [3.05, 3.63) is 29.1 Å². The molecule has 0 aromatic heterocycles. The number of hydrogen-bond donors (Lipinski definition) is 0. The van der Waals surface area contributed by atoms with Gasteiger partial charge in [0.2, 0.25) is 0 Å². The third-order valence-electron chi connectivity index (χ3n) is 1.81. The number of aryl methyl sites for hydroxylation is 1. The molecule has 0 aliphatic rings. The lowest BCUT2D eigenvalue weighted by molar-refractivity contribution is 0.0594. The highest BCUT2D eigenvalue weighted by molar-refractivity contribution is 5.90. The standard InChI is InChI=1S/C10H11FO3/c1-6-4-7(10(12)14-3)9(11)8(5-6)13-2/h4-5H,1-3H3. The number of hydrogen-bond acceptors (Lipinski definition) is 3. The lowest BCUT2D eigenvalue weighted by Gasteiger charge is -2.07. The molecule has 0 aliphatic carbocycles. The Bertz CT molecular complexity index is 361. The van der Waals surface area contributed by atoms with Crippen molar-refractivity contribution < 1.29 is 18.7 Å². The Morgan fingerprint density at radius 1 is 1.36 bits per heavy atom. The summed E-state index contributed by atoms with van der Waals surface area (Å²) < 4.78 is 22.7. The molecule has 0 unspecified atom stereocenters. The lowest BCUT2D eigenvalue weighted by atomic mass is 10.1. The zero-order valence-electron chi connectivity index (χ0n) is 8.26. The SMILES string of the molecule is COC(=O)c1cc(C)cc(OC)c1F. The zero-order chi connectivity index (χ0) is 10.7. The quantitative estimate of drug-likeness (QED) is 0.681. The van der Waals surface area contributed by atoms with Crippen molar-refractivity contribution in [1.29, 1.82) is 0 Å². The summed E-state index contributed by atoms with van der Waals surface area (Å²) in [5, 5.41) is 0. The maximum absolute atomic E-state index is 13.5. The van der Waals surface area contributed by atoms with Crippen LogP contribution >= 0.6 is 0 Å². The molecule has 0 heterocycles. The van der Waals surface area contributed by atoms with Crippen molar-refractivity contribution in [2.24, 2.45) is 0 Å². The predicted molar refractivity (Wildman–Crippen MR) is 49.0 cm³/mol. The minimum atomic E-state index is -0.704. The van der Waals surface area contributed by atoms with Crippen LogP contribution in [0, 0.1) is 12.7 Å². The van der Waals surface area contributed by atoms with Gasteiger partial charge >= 0.3 is 5.97 Å². The van der Waals surface area contributed by atoms with Crippen LogP contribution in [0.1, 0.15) is 15.9 Å². The molecule has 4 heteroatoms. The van der Waals surface area contributed by atoms with Crippen LogP contribution in [-0.2, 0) is 4.74 Å². The van der Waals surface area contributed by atoms with Crippen LogP contribution in [0.5, 0.6) is 5.75 Å². The third kappa shape index (κ3) is 1.84. The average molecular weight is 198 g/mol. The lowest BCUT2D eigenvalue weighted by Crippen LogP contribution is -2.06. The molecule has 14 heavy (non-hydrogen) atoms. The first-order valence-electron chi connectivity index (χ1n) is 4.02. The maximum Gasteiger partial charge on any atom is 0.341 e. The molecule has 1 aromatic rings. The molecular formula is C10H11FO3. The van der Waals surface area contributed by atoms with Gasteiger partial charge in [-0.15, -0.1) is 0 Å². The van der Waals surface area contributed by atoms with Crippen LogP contribution < -0.4 is 4.74 Å². The number of methoxy groups -OCH3 is 2. The fourth-order valence-corrected chi connectivity index (χ4v) is 1.14. The third-order valence-corrected chi connectivity index (χ3v) is 1.81. The molecule has 0 atom stereocenters. The first kappa shape index (κ1) is 10.5. The summed E-state index contributed by atoms with van der Waals surface area (Å²) in [5.74, 6) is -1.35. The largest absolute Gasteiger partial charge is 0.494 e. The molecule has 0 fully saturated rings. The summed E-state index contributed by atoms with van der Waals surface area (Å²) in [6, 6.07) is 2.94. The Morgan fingerprint density at radius 3 is 2.50 bits per heavy atom. The molecular weight excluding hydrogens is 187 g/mol. The number of ether oxygens (including phenoxy) is 2. The molecule has 0 bridgehead atoms. The zero-order valence-corrected chi connectivity index (χ0v) is 8.26. The van der Waals surface area contributed by atoms with Crippen molar-refractivity contribution in [2.45, 2.75) is 6.92 Å². The van der Waals surface area contributed by atoms with Crippen molar-refractivity contribution in [2.75, 3.05) is 14.2 Å². The van der Waals surface area contributed by atoms with E-state index in [9.17, 15) is 9.18 Å². The molecule has 0 spiro atoms. The van der Waals surface area contributed by atoms with E-state index in [2.05, 4.69) is 4.74 Å². The van der Waals surface area contributed by atoms with Gasteiger partial charge in [-0.25, -0.2) is 9.18 Å². The van der Waals surface area contributed by atoms with Crippen LogP contribution in [0.2, 0.25) is 0 Å². The number of carbonyl (C=O) groups is 1. The van der Waals surface area contributed by atoms with Gasteiger partial charge in [-0.05, 0) is 24.6 Å². The number of benzene rings is 1. The van der Waals surface area contributed by atoms with Gasteiger partial charge in [0.05, 0.1) is 19.8 Å². The number of rotatable bonds is 2. The Morgan fingerprint density at radius 2 is 2.00 bits per heavy atom. The molecule has 0 radical (unpaired) electrons. The summed E-state index contributed by atoms with van der Waals surface area (Å²) in [4.78, 5) is 11.1. The topological polar surface area (TPSA) is 35.5 Å². The molecule has 0 saturated carbocycles. The van der Waals surface area contributed by atoms with Crippen molar-refractivity contribution in [3.63, 3.8) is 0 Å². The second-order valence-corrected chi connectivity index (χ2v) is 2.82. The van der Waals surface area contributed by atoms with Crippen LogP contribution in [0.25, 0.3) is 0 Å². The van der Waals surface area contributed by atoms with Gasteiger partial charge in [0, 0.05) is 0 Å². The number of halogens is 1. The van der Waals surface area contributed by atoms with Gasteiger partial charge in [-0.3, -0.25) is 0 Å². The van der Waals surface area contributed by atoms with E-state index in [4.69, 9.17) is 4.74 Å². The van der Waals surface area contributed by atoms with E-state index in [1.807, 2.05) is 0 Å². The van der Waals surface area contributed by atoms with Gasteiger partial charge < -0.3 is 9.47 Å². The van der Waals surface area contributed by atoms with E-state index in [1.54, 1.807) is 6.92 Å². The van der Waals surface area contributed by atoms with Gasteiger partial charge in [0.15, 0.2) is 11.6 Å². The van der Waals surface area contributed by atoms with E-state index < -0.39 is 11.8 Å². The number of esters is 1. The molecule has 0 amide bonds. The summed E-state index contributed by atoms with van der Waals surface area (Å²) in [5.41, 5.74) is 0.632. The fourth-order valence-electron chi connectivity index (χ4n) is 1.14. The van der Waals surface area contributed by atoms with Gasteiger partial charge in [0.25, 0.3) is 0 Å². The molecule has 3 nitrogen and oxygen atoms in total. The molecule has 0 aliphatic heterocycles. The van der Waals surface area contributed by atoms with Crippen LogP contribution in [0.15, 0.2) is 12.1 Å². The summed E-state index contributed by atoms with van der Waals surface area (Å²) in [6.45, 7) is 1.74. The van der Waals surface area contributed by atoms with Gasteiger partial charge in [0.1, 0.15) is 0 Å². The number of carbonyl (C=O) groups excluding carboxylic acids is 1. The molecule has 0 N–H and O–H groups in total. The van der Waals surface area contributed by atoms with Crippen LogP contribution in [-0.4, -0.2) is 20.2 Å². The summed E-state index contributed by atoms with van der Waals surface area (Å²) in [7, 11) is 2.55. The van der Waals surface area contributed by atoms with Crippen molar-refractivity contribution in [3.8, 4) is 5.75 Å². The normalized spacial score (nSPS) is 9.71. The fraction of sp³-hybridized carbons (Fsp3) is 0.300.